The number of hydrogen-bond donors (Lipinski definition) is 4. The molecule has 1 aromatic heterocycles. The molecule has 0 saturated carbocycles. The number of benzene rings is 2. The monoisotopic (exact) mass is 649 g/mol. The quantitative estimate of drug-likeness (QED) is 0.300. The van der Waals surface area contributed by atoms with Crippen LogP contribution >= 0.6 is 0 Å². The molecule has 0 spiro atoms. The highest BCUT2D eigenvalue weighted by Crippen LogP contribution is 2.29. The summed E-state index contributed by atoms with van der Waals surface area (Å²) in [5, 5.41) is 20.2. The van der Waals surface area contributed by atoms with Gasteiger partial charge in [-0.15, -0.1) is 0 Å². The van der Waals surface area contributed by atoms with E-state index < -0.39 is 18.0 Å². The van der Waals surface area contributed by atoms with Gasteiger partial charge in [0.15, 0.2) is 23.1 Å². The third-order valence-corrected chi connectivity index (χ3v) is 7.59. The number of aromatic nitrogens is 3. The highest BCUT2D eigenvalue weighted by molar-refractivity contribution is 5.95. The Morgan fingerprint density at radius 1 is 1.06 bits per heavy atom. The summed E-state index contributed by atoms with van der Waals surface area (Å²) in [6.07, 6.45) is 0.584. The van der Waals surface area contributed by atoms with E-state index in [2.05, 4.69) is 16.0 Å². The van der Waals surface area contributed by atoms with E-state index in [1.165, 1.54) is 12.0 Å². The zero-order valence-corrected chi connectivity index (χ0v) is 26.5. The van der Waals surface area contributed by atoms with E-state index in [0.717, 1.165) is 5.56 Å². The minimum atomic E-state index is -0.723. The van der Waals surface area contributed by atoms with Gasteiger partial charge in [0.1, 0.15) is 12.6 Å². The standard InChI is InChI=1S/C31H37N7O6.CH2O2/c1-19(2)27-29-35-28(20-7-5-4-6-8-20)36-38(29)15-16-44-24-17-21(9-11-23(24)43-3)30(41)32-13-14-37(18-26(40)34-27)31(42)22-10-12-25(39)33-22;2-1-3/h4-9,11,17,19,22,27H,10,12-16,18H2,1-3H3,(H,32,41)(H,33,39)(H,34,40);1H,(H,2,3)/t22-,27+;/m0./s1. The van der Waals surface area contributed by atoms with Gasteiger partial charge in [0.25, 0.3) is 12.4 Å². The number of amides is 4. The molecule has 3 heterocycles. The van der Waals surface area contributed by atoms with E-state index in [-0.39, 0.29) is 62.8 Å². The number of nitrogens with zero attached hydrogens (tertiary/aromatic N) is 4. The number of hydrogen-bond acceptors (Lipinski definition) is 9. The van der Waals surface area contributed by atoms with Crippen LogP contribution in [0.5, 0.6) is 11.5 Å². The molecule has 0 aliphatic carbocycles. The summed E-state index contributed by atoms with van der Waals surface area (Å²) < 4.78 is 13.2. The Morgan fingerprint density at radius 2 is 1.81 bits per heavy atom. The molecular formula is C32H39N7O8. The number of carboxylic acid groups (broad SMARTS) is 1. The molecule has 2 aromatic carbocycles. The van der Waals surface area contributed by atoms with Gasteiger partial charge in [0.05, 0.1) is 26.2 Å². The van der Waals surface area contributed by atoms with Gasteiger partial charge < -0.3 is 35.4 Å². The van der Waals surface area contributed by atoms with Crippen molar-refractivity contribution in [3.63, 3.8) is 0 Å². The van der Waals surface area contributed by atoms with Crippen molar-refractivity contribution in [1.29, 1.82) is 0 Å². The highest BCUT2D eigenvalue weighted by atomic mass is 16.5. The predicted octanol–water partition coefficient (Wildman–Crippen LogP) is 1.40. The average molecular weight is 650 g/mol. The summed E-state index contributed by atoms with van der Waals surface area (Å²) in [5.74, 6) is 0.440. The fourth-order valence-corrected chi connectivity index (χ4v) is 5.25. The fraction of sp³-hybridized carbons (Fsp3) is 0.406. The number of fused-ring (bicyclic) bond motifs is 3. The van der Waals surface area contributed by atoms with Crippen LogP contribution in [-0.4, -0.2) is 94.3 Å². The molecule has 250 valence electrons. The lowest BCUT2D eigenvalue weighted by Gasteiger charge is -2.27. The summed E-state index contributed by atoms with van der Waals surface area (Å²) >= 11 is 0. The van der Waals surface area contributed by atoms with Crippen molar-refractivity contribution in [2.24, 2.45) is 5.92 Å². The Morgan fingerprint density at radius 3 is 2.47 bits per heavy atom. The van der Waals surface area contributed by atoms with Gasteiger partial charge in [-0.2, -0.15) is 5.10 Å². The van der Waals surface area contributed by atoms with E-state index in [0.29, 0.717) is 41.7 Å². The van der Waals surface area contributed by atoms with Crippen LogP contribution in [0.1, 0.15) is 48.9 Å². The minimum absolute atomic E-state index is 0.0601. The maximum absolute atomic E-state index is 13.5. The Bertz CT molecular complexity index is 1580. The summed E-state index contributed by atoms with van der Waals surface area (Å²) in [6, 6.07) is 13.1. The highest BCUT2D eigenvalue weighted by Gasteiger charge is 2.33. The lowest BCUT2D eigenvalue weighted by atomic mass is 10.0. The smallest absolute Gasteiger partial charge is 0.290 e. The Hall–Kier alpha value is -5.47. The van der Waals surface area contributed by atoms with E-state index in [4.69, 9.17) is 29.5 Å². The lowest BCUT2D eigenvalue weighted by Crippen LogP contribution is -2.51. The van der Waals surface area contributed by atoms with Crippen molar-refractivity contribution >= 4 is 30.1 Å². The predicted molar refractivity (Wildman–Crippen MR) is 168 cm³/mol. The molecule has 15 heteroatoms. The average Bonchev–Trinajstić information content (AvgIpc) is 3.69. The van der Waals surface area contributed by atoms with Crippen LogP contribution in [-0.2, 0) is 25.7 Å². The second-order valence-corrected chi connectivity index (χ2v) is 11.2. The molecule has 1 fully saturated rings. The van der Waals surface area contributed by atoms with Crippen molar-refractivity contribution in [2.45, 2.75) is 45.3 Å². The van der Waals surface area contributed by atoms with Crippen LogP contribution in [0.15, 0.2) is 48.5 Å². The normalized spacial score (nSPS) is 18.7. The molecule has 1 saturated heterocycles. The van der Waals surface area contributed by atoms with Crippen LogP contribution < -0.4 is 25.4 Å². The van der Waals surface area contributed by atoms with Gasteiger partial charge in [0, 0.05) is 30.6 Å². The zero-order chi connectivity index (χ0) is 33.9. The van der Waals surface area contributed by atoms with Gasteiger partial charge in [-0.25, -0.2) is 9.67 Å². The molecule has 0 unspecified atom stereocenters. The number of methoxy groups -OCH3 is 1. The third kappa shape index (κ3) is 8.83. The molecule has 4 N–H and O–H groups in total. The van der Waals surface area contributed by atoms with Gasteiger partial charge in [-0.1, -0.05) is 44.2 Å². The van der Waals surface area contributed by atoms with Crippen molar-refractivity contribution in [2.75, 3.05) is 33.4 Å². The summed E-state index contributed by atoms with van der Waals surface area (Å²) in [5.41, 5.74) is 1.16. The SMILES string of the molecule is COc1ccc2cc1OCCn1nc(-c3ccccc3)nc1[C@@H](C(C)C)NC(=O)CN(C(=O)[C@@H]1CCC(=O)N1)CCNC2=O.O=CO. The molecule has 2 atom stereocenters. The van der Waals surface area contributed by atoms with E-state index >= 15 is 0 Å². The minimum Gasteiger partial charge on any atom is -0.493 e. The van der Waals surface area contributed by atoms with Gasteiger partial charge in [-0.3, -0.25) is 24.0 Å². The van der Waals surface area contributed by atoms with Crippen molar-refractivity contribution in [3.05, 3.63) is 59.9 Å². The van der Waals surface area contributed by atoms with E-state index in [9.17, 15) is 19.2 Å². The first-order chi connectivity index (χ1) is 22.6. The molecule has 0 radical (unpaired) electrons. The fourth-order valence-electron chi connectivity index (χ4n) is 5.25. The van der Waals surface area contributed by atoms with E-state index in [1.807, 2.05) is 44.2 Å². The van der Waals surface area contributed by atoms with Gasteiger partial charge in [0.2, 0.25) is 17.7 Å². The molecule has 2 aliphatic heterocycles. The summed E-state index contributed by atoms with van der Waals surface area (Å²) in [4.78, 5) is 66.3. The second-order valence-electron chi connectivity index (χ2n) is 11.2. The maximum Gasteiger partial charge on any atom is 0.290 e. The third-order valence-electron chi connectivity index (χ3n) is 7.59. The Kier molecular flexibility index (Phi) is 11.9. The molecule has 2 bridgehead atoms. The van der Waals surface area contributed by atoms with Gasteiger partial charge in [-0.05, 0) is 30.5 Å². The van der Waals surface area contributed by atoms with Crippen LogP contribution in [0.25, 0.3) is 11.4 Å². The lowest BCUT2D eigenvalue weighted by molar-refractivity contribution is -0.138. The molecule has 15 nitrogen and oxygen atoms in total. The largest absolute Gasteiger partial charge is 0.493 e. The molecular weight excluding hydrogens is 610 g/mol. The van der Waals surface area contributed by atoms with E-state index in [1.54, 1.807) is 22.9 Å². The summed E-state index contributed by atoms with van der Waals surface area (Å²) in [6.45, 7) is 4.04. The zero-order valence-electron chi connectivity index (χ0n) is 26.5. The second kappa shape index (κ2) is 16.2. The first-order valence-electron chi connectivity index (χ1n) is 15.2. The topological polar surface area (TPSA) is 194 Å². The summed E-state index contributed by atoms with van der Waals surface area (Å²) in [7, 11) is 1.52. The first kappa shape index (κ1) is 34.4. The molecule has 3 aromatic rings. The van der Waals surface area contributed by atoms with Crippen molar-refractivity contribution in [1.82, 2.24) is 35.6 Å². The van der Waals surface area contributed by atoms with Crippen molar-refractivity contribution in [3.8, 4) is 22.9 Å². The number of carbonyl (C=O) groups excluding carboxylic acids is 4. The molecule has 4 amide bonds. The Balaban J connectivity index is 0.00000160. The number of carbonyl (C=O) groups is 5. The molecule has 2 aliphatic rings. The number of nitrogens with one attached hydrogen (secondary N) is 3. The van der Waals surface area contributed by atoms with Gasteiger partial charge >= 0.3 is 0 Å². The first-order valence-corrected chi connectivity index (χ1v) is 15.2. The molecule has 47 heavy (non-hydrogen) atoms. The number of ether oxygens (including phenoxy) is 2. The van der Waals surface area contributed by atoms with Crippen molar-refractivity contribution < 1.29 is 38.6 Å². The van der Waals surface area contributed by atoms with Crippen LogP contribution in [0.2, 0.25) is 0 Å². The van der Waals surface area contributed by atoms with Crippen LogP contribution in [0, 0.1) is 5.92 Å². The maximum atomic E-state index is 13.5. The van der Waals surface area contributed by atoms with Crippen LogP contribution in [0.3, 0.4) is 0 Å². The molecule has 5 rings (SSSR count). The Labute approximate surface area is 271 Å². The van der Waals surface area contributed by atoms with Crippen LogP contribution in [0.4, 0.5) is 0 Å². The number of rotatable bonds is 4.